The van der Waals surface area contributed by atoms with E-state index in [9.17, 15) is 53.1 Å². The van der Waals surface area contributed by atoms with E-state index < -0.39 is 120 Å². The Bertz CT molecular complexity index is 3200. The largest absolute Gasteiger partial charge is 0.445 e. The summed E-state index contributed by atoms with van der Waals surface area (Å²) in [5.74, 6) is -5.06. The van der Waals surface area contributed by atoms with Gasteiger partial charge in [0.25, 0.3) is 0 Å². The third-order valence-electron chi connectivity index (χ3n) is 17.9. The number of benzene rings is 3. The number of aliphatic hydroxyl groups is 1. The number of hydrogen-bond donors (Lipinski definition) is 9. The number of carbonyl (C=O) groups is 10. The third kappa shape index (κ3) is 22.3. The molecule has 3 aromatic carbocycles. The van der Waals surface area contributed by atoms with Gasteiger partial charge in [-0.15, -0.1) is 0 Å². The first-order chi connectivity index (χ1) is 45.1. The van der Waals surface area contributed by atoms with E-state index in [1.165, 1.54) is 33.1 Å². The van der Waals surface area contributed by atoms with Crippen LogP contribution in [0.1, 0.15) is 143 Å². The number of likely N-dealkylation sites (N-methyl/N-ethyl adjacent to an activating group) is 2. The minimum Gasteiger partial charge on any atom is -0.445 e. The molecule has 1 fully saturated rings. The second-order valence-corrected chi connectivity index (χ2v) is 25.7. The Morgan fingerprint density at radius 3 is 2.04 bits per heavy atom. The standard InChI is InChI=1S/C70H103N11O14/c1-14-43(6)61(56(93-12)38-58(84)81-36-22-29-55(81)63(94-13)45(8)64(86)74-46(9)62(85)48-24-16-15-17-25-48)79(10)68(90)59(41(2)3)78-67(89)60(42(4)5)80(11)70(92)95-40-47-31-33-50(34-32-47)75-65(87)53(28-21-35-72-69(71)91)77-66(88)54(76-57(83)30-20-23-44(7)82)37-49-39-73-52-27-19-18-26-51(49)52/h15-19,24-27,31-34,39,41-43,45-46,53-56,59-63,73,85H,14,20-23,28-30,35-38,40H2,1-13H3,(H,74,86)(H,75,87)(H,76,83)(H,77,88)(H,78,89)(H3,71,72,91)/t43-,45+,46+,53-,54-,55-,56+,59-,60-,61-,62+,63+/m0/s1. The van der Waals surface area contributed by atoms with Gasteiger partial charge in [0.2, 0.25) is 41.4 Å². The number of rotatable bonds is 37. The number of methoxy groups -OCH3 is 2. The molecule has 2 heterocycles. The van der Waals surface area contributed by atoms with Gasteiger partial charge in [-0.25, -0.2) is 9.59 Å². The predicted molar refractivity (Wildman–Crippen MR) is 361 cm³/mol. The highest BCUT2D eigenvalue weighted by Gasteiger charge is 2.44. The fraction of sp³-hybridized carbons (Fsp3) is 0.571. The number of urea groups is 1. The molecule has 10 N–H and O–H groups in total. The second-order valence-electron chi connectivity index (χ2n) is 25.7. The van der Waals surface area contributed by atoms with E-state index in [1.807, 2.05) is 56.3 Å². The van der Waals surface area contributed by atoms with Crippen molar-refractivity contribution in [1.82, 2.24) is 46.3 Å². The maximum Gasteiger partial charge on any atom is 0.410 e. The number of carbonyl (C=O) groups excluding carboxylic acids is 10. The van der Waals surface area contributed by atoms with Crippen LogP contribution in [-0.4, -0.2) is 180 Å². The number of fused-ring (bicyclic) bond motifs is 1. The van der Waals surface area contributed by atoms with Crippen LogP contribution in [-0.2, 0) is 65.6 Å². The summed E-state index contributed by atoms with van der Waals surface area (Å²) in [4.78, 5) is 143. The first-order valence-corrected chi connectivity index (χ1v) is 33.0. The number of aromatic nitrogens is 1. The molecule has 10 amide bonds. The highest BCUT2D eigenvalue weighted by molar-refractivity contribution is 5.99. The lowest BCUT2D eigenvalue weighted by molar-refractivity contribution is -0.148. The molecular weight excluding hydrogens is 1220 g/mol. The zero-order chi connectivity index (χ0) is 70.2. The van der Waals surface area contributed by atoms with E-state index in [2.05, 4.69) is 36.9 Å². The number of Topliss-reactive ketones (excluding diaryl/α,β-unsaturated/α-hetero) is 1. The van der Waals surface area contributed by atoms with Crippen LogP contribution >= 0.6 is 0 Å². The summed E-state index contributed by atoms with van der Waals surface area (Å²) in [5, 5.41) is 28.6. The fourth-order valence-electron chi connectivity index (χ4n) is 12.4. The molecule has 1 saturated heterocycles. The summed E-state index contributed by atoms with van der Waals surface area (Å²) in [6.45, 7) is 16.3. The lowest BCUT2D eigenvalue weighted by Gasteiger charge is -2.41. The number of hydrogen-bond acceptors (Lipinski definition) is 14. The molecule has 1 aliphatic rings. The summed E-state index contributed by atoms with van der Waals surface area (Å²) in [5.41, 5.74) is 8.39. The smallest absolute Gasteiger partial charge is 0.410 e. The van der Waals surface area contributed by atoms with Crippen LogP contribution in [0, 0.1) is 23.7 Å². The molecule has 95 heavy (non-hydrogen) atoms. The highest BCUT2D eigenvalue weighted by Crippen LogP contribution is 2.31. The Labute approximate surface area is 558 Å². The summed E-state index contributed by atoms with van der Waals surface area (Å²) in [7, 11) is 6.09. The highest BCUT2D eigenvalue weighted by atomic mass is 16.6. The number of ether oxygens (including phenoxy) is 3. The van der Waals surface area contributed by atoms with Crippen LogP contribution in [0.2, 0.25) is 0 Å². The van der Waals surface area contributed by atoms with Crippen LogP contribution in [0.25, 0.3) is 10.9 Å². The number of likely N-dealkylation sites (tertiary alicyclic amines) is 1. The fourth-order valence-corrected chi connectivity index (χ4v) is 12.4. The zero-order valence-electron chi connectivity index (χ0n) is 57.5. The van der Waals surface area contributed by atoms with Gasteiger partial charge in [0.1, 0.15) is 36.6 Å². The number of ketones is 1. The van der Waals surface area contributed by atoms with Gasteiger partial charge in [0.15, 0.2) is 0 Å². The monoisotopic (exact) mass is 1320 g/mol. The Morgan fingerprint density at radius 1 is 0.747 bits per heavy atom. The number of nitrogens with two attached hydrogens (primary N) is 1. The Kier molecular flexibility index (Phi) is 30.6. The maximum atomic E-state index is 14.8. The average Bonchev–Trinajstić information content (AvgIpc) is 1.79. The van der Waals surface area contributed by atoms with Crippen molar-refractivity contribution in [3.8, 4) is 0 Å². The van der Waals surface area contributed by atoms with Gasteiger partial charge in [0.05, 0.1) is 48.8 Å². The van der Waals surface area contributed by atoms with Gasteiger partial charge in [-0.05, 0) is 98.6 Å². The van der Waals surface area contributed by atoms with Gasteiger partial charge in [-0.1, -0.05) is 116 Å². The molecule has 5 rings (SSSR count). The van der Waals surface area contributed by atoms with Crippen molar-refractivity contribution in [2.75, 3.05) is 46.7 Å². The van der Waals surface area contributed by atoms with Crippen molar-refractivity contribution in [2.24, 2.45) is 29.4 Å². The molecule has 0 radical (unpaired) electrons. The number of amides is 10. The minimum atomic E-state index is -1.15. The summed E-state index contributed by atoms with van der Waals surface area (Å²) < 4.78 is 17.8. The number of nitrogens with one attached hydrogen (secondary N) is 7. The number of aliphatic hydroxyl groups excluding tert-OH is 1. The number of nitrogens with zero attached hydrogens (tertiary/aromatic N) is 3. The summed E-state index contributed by atoms with van der Waals surface area (Å²) in [6.07, 6.45) is 1.22. The molecular formula is C70H103N11O14. The lowest BCUT2D eigenvalue weighted by atomic mass is 9.89. The van der Waals surface area contributed by atoms with Crippen LogP contribution < -0.4 is 37.6 Å². The van der Waals surface area contributed by atoms with Crippen molar-refractivity contribution in [2.45, 2.75) is 194 Å². The molecule has 4 aromatic rings. The van der Waals surface area contributed by atoms with Crippen LogP contribution in [0.3, 0.4) is 0 Å². The van der Waals surface area contributed by atoms with E-state index in [-0.39, 0.29) is 75.2 Å². The summed E-state index contributed by atoms with van der Waals surface area (Å²) in [6, 6.07) is 16.1. The number of aromatic amines is 1. The molecule has 0 spiro atoms. The van der Waals surface area contributed by atoms with E-state index in [0.717, 1.165) is 16.5 Å². The van der Waals surface area contributed by atoms with Crippen molar-refractivity contribution >= 4 is 75.8 Å². The number of anilines is 1. The van der Waals surface area contributed by atoms with E-state index in [1.54, 1.807) is 101 Å². The normalized spacial score (nSPS) is 16.5. The Morgan fingerprint density at radius 2 is 1.42 bits per heavy atom. The van der Waals surface area contributed by atoms with Gasteiger partial charge < -0.3 is 76.5 Å². The topological polar surface area (TPSA) is 342 Å². The van der Waals surface area contributed by atoms with Crippen LogP contribution in [0.5, 0.6) is 0 Å². The number of H-pyrrole nitrogens is 1. The number of para-hydroxylation sites is 1. The summed E-state index contributed by atoms with van der Waals surface area (Å²) >= 11 is 0. The van der Waals surface area contributed by atoms with Crippen molar-refractivity contribution in [3.63, 3.8) is 0 Å². The van der Waals surface area contributed by atoms with Crippen LogP contribution in [0.15, 0.2) is 85.1 Å². The quantitative estimate of drug-likeness (QED) is 0.0220. The van der Waals surface area contributed by atoms with Gasteiger partial charge in [-0.3, -0.25) is 38.5 Å². The molecule has 1 aliphatic heterocycles. The van der Waals surface area contributed by atoms with Gasteiger partial charge in [0, 0.05) is 83.5 Å². The first kappa shape index (κ1) is 77.3. The molecule has 0 unspecified atom stereocenters. The van der Waals surface area contributed by atoms with Crippen LogP contribution in [0.4, 0.5) is 15.3 Å². The molecule has 0 bridgehead atoms. The molecule has 0 saturated carbocycles. The van der Waals surface area contributed by atoms with E-state index in [4.69, 9.17) is 19.9 Å². The van der Waals surface area contributed by atoms with Crippen molar-refractivity contribution < 1.29 is 67.3 Å². The SMILES string of the molecule is CC[C@H](C)[C@@H]([C@@H](CC(=O)N1CCC[C@H]1[C@H](OC)[C@@H](C)C(=O)N[C@H](C)[C@@H](O)c1ccccc1)OC)N(C)C(=O)[C@@H](NC(=O)[C@H](C(C)C)N(C)C(=O)OCc1ccc(NC(=O)[C@H](CCCNC(N)=O)NC(=O)[C@H](Cc2c[nH]c3ccccc23)NC(=O)CCCC(C)=O)cc1)C(C)C. The molecule has 25 heteroatoms. The second kappa shape index (κ2) is 37.6. The first-order valence-electron chi connectivity index (χ1n) is 33.0. The lowest BCUT2D eigenvalue weighted by Crippen LogP contribution is -2.60. The van der Waals surface area contributed by atoms with Gasteiger partial charge in [-0.2, -0.15) is 0 Å². The average molecular weight is 1320 g/mol. The van der Waals surface area contributed by atoms with Crippen molar-refractivity contribution in [3.05, 3.63) is 102 Å². The predicted octanol–water partition coefficient (Wildman–Crippen LogP) is 6.42. The van der Waals surface area contributed by atoms with Crippen molar-refractivity contribution in [1.29, 1.82) is 0 Å². The Hall–Kier alpha value is -8.42. The molecule has 12 atom stereocenters. The molecule has 1 aromatic heterocycles. The molecule has 0 aliphatic carbocycles. The zero-order valence-corrected chi connectivity index (χ0v) is 57.5. The molecule has 522 valence electrons. The minimum absolute atomic E-state index is 0.00315. The van der Waals surface area contributed by atoms with E-state index in [0.29, 0.717) is 49.0 Å². The van der Waals surface area contributed by atoms with Gasteiger partial charge >= 0.3 is 12.1 Å². The number of primary amides is 1. The Balaban J connectivity index is 1.22. The maximum absolute atomic E-state index is 14.8. The third-order valence-corrected chi connectivity index (χ3v) is 17.9. The van der Waals surface area contributed by atoms with E-state index >= 15 is 0 Å². The molecule has 25 nitrogen and oxygen atoms in total.